The standard InChI is InChI=1S/C10H17BrO2/c1-3-5-6-7-8-9(11)10(12)13-4-2/h8H,3-7H2,1-2H3/b9-8-. The average molecular weight is 249 g/mol. The van der Waals surface area contributed by atoms with Gasteiger partial charge in [0, 0.05) is 0 Å². The van der Waals surface area contributed by atoms with Crippen LogP contribution in [-0.2, 0) is 9.53 Å². The number of rotatable bonds is 6. The van der Waals surface area contributed by atoms with Crippen molar-refractivity contribution in [1.82, 2.24) is 0 Å². The zero-order chi connectivity index (χ0) is 10.1. The van der Waals surface area contributed by atoms with Crippen LogP contribution < -0.4 is 0 Å². The molecule has 0 aliphatic rings. The van der Waals surface area contributed by atoms with E-state index in [0.29, 0.717) is 11.1 Å². The minimum absolute atomic E-state index is 0.265. The normalized spacial score (nSPS) is 11.5. The van der Waals surface area contributed by atoms with E-state index in [1.807, 2.05) is 6.08 Å². The van der Waals surface area contributed by atoms with Crippen LogP contribution in [-0.4, -0.2) is 12.6 Å². The van der Waals surface area contributed by atoms with Crippen LogP contribution in [0.1, 0.15) is 39.5 Å². The second-order valence-corrected chi connectivity index (χ2v) is 3.62. The van der Waals surface area contributed by atoms with E-state index in [1.165, 1.54) is 12.8 Å². The fourth-order valence-electron chi connectivity index (χ4n) is 0.906. The first-order valence-electron chi connectivity index (χ1n) is 4.75. The molecule has 0 bridgehead atoms. The molecule has 3 heteroatoms. The average Bonchev–Trinajstić information content (AvgIpc) is 2.12. The Kier molecular flexibility index (Phi) is 8.10. The first kappa shape index (κ1) is 12.7. The molecule has 0 aromatic heterocycles. The highest BCUT2D eigenvalue weighted by atomic mass is 79.9. The maximum absolute atomic E-state index is 11.1. The number of carbonyl (C=O) groups excluding carboxylic acids is 1. The van der Waals surface area contributed by atoms with Gasteiger partial charge in [-0.15, -0.1) is 0 Å². The second kappa shape index (κ2) is 8.30. The van der Waals surface area contributed by atoms with Gasteiger partial charge < -0.3 is 4.74 Å². The third-order valence-electron chi connectivity index (χ3n) is 1.60. The van der Waals surface area contributed by atoms with Crippen molar-refractivity contribution in [3.63, 3.8) is 0 Å². The van der Waals surface area contributed by atoms with Gasteiger partial charge in [0.25, 0.3) is 0 Å². The summed E-state index contributed by atoms with van der Waals surface area (Å²) in [5.41, 5.74) is 0. The Morgan fingerprint density at radius 3 is 2.62 bits per heavy atom. The lowest BCUT2D eigenvalue weighted by molar-refractivity contribution is -0.137. The van der Waals surface area contributed by atoms with Gasteiger partial charge in [0.05, 0.1) is 11.1 Å². The van der Waals surface area contributed by atoms with Crippen LogP contribution >= 0.6 is 15.9 Å². The molecule has 0 unspecified atom stereocenters. The number of carbonyl (C=O) groups is 1. The minimum Gasteiger partial charge on any atom is -0.462 e. The van der Waals surface area contributed by atoms with Gasteiger partial charge in [-0.1, -0.05) is 25.8 Å². The van der Waals surface area contributed by atoms with Crippen molar-refractivity contribution < 1.29 is 9.53 Å². The Balaban J connectivity index is 3.67. The second-order valence-electron chi connectivity index (χ2n) is 2.77. The van der Waals surface area contributed by atoms with Crippen LogP contribution in [0.4, 0.5) is 0 Å². The van der Waals surface area contributed by atoms with E-state index in [0.717, 1.165) is 12.8 Å². The Morgan fingerprint density at radius 1 is 1.38 bits per heavy atom. The predicted octanol–water partition coefficient (Wildman–Crippen LogP) is 3.41. The molecule has 0 radical (unpaired) electrons. The number of unbranched alkanes of at least 4 members (excludes halogenated alkanes) is 3. The molecule has 0 spiro atoms. The van der Waals surface area contributed by atoms with Gasteiger partial charge in [-0.2, -0.15) is 0 Å². The molecular weight excluding hydrogens is 232 g/mol. The monoisotopic (exact) mass is 248 g/mol. The van der Waals surface area contributed by atoms with Crippen molar-refractivity contribution in [3.05, 3.63) is 10.6 Å². The van der Waals surface area contributed by atoms with E-state index in [4.69, 9.17) is 4.74 Å². The quantitative estimate of drug-likeness (QED) is 0.409. The molecule has 0 aromatic carbocycles. The van der Waals surface area contributed by atoms with Gasteiger partial charge in [-0.3, -0.25) is 0 Å². The fraction of sp³-hybridized carbons (Fsp3) is 0.700. The maximum Gasteiger partial charge on any atom is 0.344 e. The maximum atomic E-state index is 11.1. The Hall–Kier alpha value is -0.310. The smallest absolute Gasteiger partial charge is 0.344 e. The summed E-state index contributed by atoms with van der Waals surface area (Å²) in [6.07, 6.45) is 6.36. The molecular formula is C10H17BrO2. The van der Waals surface area contributed by atoms with Crippen LogP contribution in [0, 0.1) is 0 Å². The molecule has 76 valence electrons. The van der Waals surface area contributed by atoms with Crippen LogP contribution in [0.2, 0.25) is 0 Å². The van der Waals surface area contributed by atoms with Crippen LogP contribution in [0.15, 0.2) is 10.6 Å². The van der Waals surface area contributed by atoms with Crippen molar-refractivity contribution in [1.29, 1.82) is 0 Å². The Labute approximate surface area is 88.5 Å². The van der Waals surface area contributed by atoms with Crippen LogP contribution in [0.25, 0.3) is 0 Å². The molecule has 0 saturated carbocycles. The van der Waals surface area contributed by atoms with E-state index in [9.17, 15) is 4.79 Å². The number of allylic oxidation sites excluding steroid dienone is 1. The van der Waals surface area contributed by atoms with E-state index < -0.39 is 0 Å². The molecule has 0 aromatic rings. The molecule has 0 rings (SSSR count). The van der Waals surface area contributed by atoms with Gasteiger partial charge in [-0.25, -0.2) is 4.79 Å². The molecule has 13 heavy (non-hydrogen) atoms. The van der Waals surface area contributed by atoms with Crippen LogP contribution in [0.3, 0.4) is 0 Å². The number of ether oxygens (including phenoxy) is 1. The first-order valence-corrected chi connectivity index (χ1v) is 5.54. The number of halogens is 1. The predicted molar refractivity (Wildman–Crippen MR) is 57.8 cm³/mol. The topological polar surface area (TPSA) is 26.3 Å². The van der Waals surface area contributed by atoms with Crippen LogP contribution in [0.5, 0.6) is 0 Å². The summed E-state index contributed by atoms with van der Waals surface area (Å²) in [5, 5.41) is 0. The minimum atomic E-state index is -0.265. The molecule has 0 amide bonds. The molecule has 0 fully saturated rings. The Bertz CT molecular complexity index is 176. The number of hydrogen-bond donors (Lipinski definition) is 0. The summed E-state index contributed by atoms with van der Waals surface area (Å²) >= 11 is 3.18. The van der Waals surface area contributed by atoms with Crippen molar-refractivity contribution in [2.24, 2.45) is 0 Å². The lowest BCUT2D eigenvalue weighted by atomic mass is 10.2. The summed E-state index contributed by atoms with van der Waals surface area (Å²) in [7, 11) is 0. The summed E-state index contributed by atoms with van der Waals surface area (Å²) in [5.74, 6) is -0.265. The number of hydrogen-bond acceptors (Lipinski definition) is 2. The number of esters is 1. The SMILES string of the molecule is CCCCC/C=C(\Br)C(=O)OCC. The fourth-order valence-corrected chi connectivity index (χ4v) is 1.25. The lowest BCUT2D eigenvalue weighted by Gasteiger charge is -1.99. The molecule has 0 heterocycles. The molecule has 0 aliphatic heterocycles. The van der Waals surface area contributed by atoms with Gasteiger partial charge in [0.2, 0.25) is 0 Å². The van der Waals surface area contributed by atoms with E-state index in [2.05, 4.69) is 22.9 Å². The highest BCUT2D eigenvalue weighted by Gasteiger charge is 2.04. The van der Waals surface area contributed by atoms with E-state index in [1.54, 1.807) is 6.92 Å². The highest BCUT2D eigenvalue weighted by Crippen LogP contribution is 2.10. The van der Waals surface area contributed by atoms with Gasteiger partial charge in [0.1, 0.15) is 0 Å². The van der Waals surface area contributed by atoms with Crippen molar-refractivity contribution in [2.75, 3.05) is 6.61 Å². The molecule has 0 N–H and O–H groups in total. The summed E-state index contributed by atoms with van der Waals surface area (Å²) in [4.78, 5) is 11.1. The van der Waals surface area contributed by atoms with Crippen molar-refractivity contribution in [2.45, 2.75) is 39.5 Å². The molecule has 2 nitrogen and oxygen atoms in total. The van der Waals surface area contributed by atoms with Crippen molar-refractivity contribution >= 4 is 21.9 Å². The largest absolute Gasteiger partial charge is 0.462 e. The third-order valence-corrected chi connectivity index (χ3v) is 2.25. The van der Waals surface area contributed by atoms with Gasteiger partial charge in [-0.05, 0) is 35.7 Å². The molecule has 0 saturated heterocycles. The van der Waals surface area contributed by atoms with Gasteiger partial charge >= 0.3 is 5.97 Å². The molecule has 0 aliphatic carbocycles. The summed E-state index contributed by atoms with van der Waals surface area (Å²) in [6, 6.07) is 0. The van der Waals surface area contributed by atoms with E-state index >= 15 is 0 Å². The van der Waals surface area contributed by atoms with Gasteiger partial charge in [0.15, 0.2) is 0 Å². The van der Waals surface area contributed by atoms with E-state index in [-0.39, 0.29) is 5.97 Å². The summed E-state index contributed by atoms with van der Waals surface area (Å²) in [6.45, 7) is 4.39. The first-order chi connectivity index (χ1) is 6.22. The zero-order valence-corrected chi connectivity index (χ0v) is 9.89. The Morgan fingerprint density at radius 2 is 2.08 bits per heavy atom. The molecule has 0 atom stereocenters. The summed E-state index contributed by atoms with van der Waals surface area (Å²) < 4.78 is 5.35. The van der Waals surface area contributed by atoms with Crippen molar-refractivity contribution in [3.8, 4) is 0 Å². The highest BCUT2D eigenvalue weighted by molar-refractivity contribution is 9.12. The lowest BCUT2D eigenvalue weighted by Crippen LogP contribution is -2.03. The third kappa shape index (κ3) is 6.82. The zero-order valence-electron chi connectivity index (χ0n) is 8.31.